The Hall–Kier alpha value is -1.75. The predicted molar refractivity (Wildman–Crippen MR) is 107 cm³/mol. The number of hydrogen-bond donors (Lipinski definition) is 2. The van der Waals surface area contributed by atoms with Gasteiger partial charge >= 0.3 is 0 Å². The van der Waals surface area contributed by atoms with Crippen molar-refractivity contribution in [3.8, 4) is 0 Å². The van der Waals surface area contributed by atoms with E-state index in [2.05, 4.69) is 16.3 Å². The Morgan fingerprint density at radius 1 is 1.04 bits per heavy atom. The first-order valence-electron chi connectivity index (χ1n) is 8.96. The summed E-state index contributed by atoms with van der Waals surface area (Å²) in [7, 11) is 0. The van der Waals surface area contributed by atoms with E-state index in [1.54, 1.807) is 0 Å². The number of hydrogen-bond acceptors (Lipinski definition) is 2. The Balaban J connectivity index is 1.38. The number of nitrogens with zero attached hydrogens (tertiary/aromatic N) is 1. The zero-order valence-electron chi connectivity index (χ0n) is 14.7. The van der Waals surface area contributed by atoms with Crippen LogP contribution in [0.25, 0.3) is 0 Å². The topological polar surface area (TPSA) is 36.8 Å². The van der Waals surface area contributed by atoms with Gasteiger partial charge in [0.25, 0.3) is 5.91 Å². The Labute approximate surface area is 164 Å². The number of quaternary nitrogens is 1. The minimum atomic E-state index is 0.111. The van der Waals surface area contributed by atoms with Crippen LogP contribution in [0.2, 0.25) is 10.0 Å². The maximum absolute atomic E-state index is 12.2. The van der Waals surface area contributed by atoms with Crippen molar-refractivity contribution in [1.29, 1.82) is 0 Å². The third kappa shape index (κ3) is 5.37. The molecule has 0 radical (unpaired) electrons. The lowest BCUT2D eigenvalue weighted by atomic mass is 10.1. The van der Waals surface area contributed by atoms with Crippen molar-refractivity contribution in [2.45, 2.75) is 6.42 Å². The minimum Gasteiger partial charge on any atom is -0.359 e. The summed E-state index contributed by atoms with van der Waals surface area (Å²) < 4.78 is 0. The SMILES string of the molecule is O=C(C[NH+]1CCN(c2ccccc2Cl)CC1)NCCc1ccc(Cl)cc1. The fourth-order valence-electron chi connectivity index (χ4n) is 3.24. The average molecular weight is 393 g/mol. The summed E-state index contributed by atoms with van der Waals surface area (Å²) >= 11 is 12.2. The summed E-state index contributed by atoms with van der Waals surface area (Å²) in [5, 5.41) is 4.54. The second-order valence-corrected chi connectivity index (χ2v) is 7.44. The van der Waals surface area contributed by atoms with Crippen LogP contribution >= 0.6 is 23.2 Å². The van der Waals surface area contributed by atoms with Crippen LogP contribution in [-0.4, -0.2) is 45.2 Å². The van der Waals surface area contributed by atoms with Crippen LogP contribution in [0.5, 0.6) is 0 Å². The Kier molecular flexibility index (Phi) is 6.78. The molecule has 1 amide bonds. The lowest BCUT2D eigenvalue weighted by Crippen LogP contribution is -3.16. The number of nitrogens with one attached hydrogen (secondary N) is 2. The lowest BCUT2D eigenvalue weighted by Gasteiger charge is -2.33. The number of carbonyl (C=O) groups is 1. The van der Waals surface area contributed by atoms with E-state index >= 15 is 0 Å². The molecule has 2 aromatic rings. The molecule has 1 heterocycles. The molecule has 2 aromatic carbocycles. The third-order valence-corrected chi connectivity index (χ3v) is 5.29. The monoisotopic (exact) mass is 392 g/mol. The number of carbonyl (C=O) groups excluding carboxylic acids is 1. The van der Waals surface area contributed by atoms with Gasteiger partial charge in [-0.3, -0.25) is 4.79 Å². The summed E-state index contributed by atoms with van der Waals surface area (Å²) in [5.74, 6) is 0.111. The van der Waals surface area contributed by atoms with Gasteiger partial charge in [-0.15, -0.1) is 0 Å². The number of amides is 1. The summed E-state index contributed by atoms with van der Waals surface area (Å²) in [5.41, 5.74) is 2.26. The van der Waals surface area contributed by atoms with Gasteiger partial charge in [0, 0.05) is 11.6 Å². The molecule has 0 spiro atoms. The van der Waals surface area contributed by atoms with Crippen LogP contribution in [0, 0.1) is 0 Å². The number of benzene rings is 2. The minimum absolute atomic E-state index is 0.111. The quantitative estimate of drug-likeness (QED) is 0.789. The molecule has 1 aliphatic heterocycles. The van der Waals surface area contributed by atoms with E-state index in [4.69, 9.17) is 23.2 Å². The third-order valence-electron chi connectivity index (χ3n) is 4.72. The second kappa shape index (κ2) is 9.26. The summed E-state index contributed by atoms with van der Waals surface area (Å²) in [4.78, 5) is 15.8. The molecule has 0 aromatic heterocycles. The smallest absolute Gasteiger partial charge is 0.275 e. The van der Waals surface area contributed by atoms with Gasteiger partial charge in [-0.2, -0.15) is 0 Å². The van der Waals surface area contributed by atoms with E-state index in [1.807, 2.05) is 42.5 Å². The summed E-state index contributed by atoms with van der Waals surface area (Å²) in [6, 6.07) is 15.7. The van der Waals surface area contributed by atoms with Crippen molar-refractivity contribution in [3.63, 3.8) is 0 Å². The number of anilines is 1. The molecule has 3 rings (SSSR count). The lowest BCUT2D eigenvalue weighted by molar-refractivity contribution is -0.892. The fourth-order valence-corrected chi connectivity index (χ4v) is 3.62. The Morgan fingerprint density at radius 2 is 1.73 bits per heavy atom. The van der Waals surface area contributed by atoms with Gasteiger partial charge in [-0.05, 0) is 36.2 Å². The zero-order valence-corrected chi connectivity index (χ0v) is 16.2. The molecule has 26 heavy (non-hydrogen) atoms. The normalized spacial score (nSPS) is 15.1. The fraction of sp³-hybridized carbons (Fsp3) is 0.350. The molecule has 0 bridgehead atoms. The molecule has 0 aliphatic carbocycles. The van der Waals surface area contributed by atoms with Crippen molar-refractivity contribution in [1.82, 2.24) is 5.32 Å². The highest BCUT2D eigenvalue weighted by Gasteiger charge is 2.23. The highest BCUT2D eigenvalue weighted by molar-refractivity contribution is 6.33. The van der Waals surface area contributed by atoms with Crippen molar-refractivity contribution < 1.29 is 9.69 Å². The second-order valence-electron chi connectivity index (χ2n) is 6.59. The maximum Gasteiger partial charge on any atom is 0.275 e. The standard InChI is InChI=1S/C20H23Cl2N3O/c21-17-7-5-16(6-8-17)9-10-23-20(26)15-24-11-13-25(14-12-24)19-4-2-1-3-18(19)22/h1-8H,9-15H2,(H,23,26)/p+1. The molecule has 0 unspecified atom stereocenters. The molecule has 1 aliphatic rings. The van der Waals surface area contributed by atoms with E-state index in [0.717, 1.165) is 48.3 Å². The van der Waals surface area contributed by atoms with Crippen molar-refractivity contribution in [2.75, 3.05) is 44.2 Å². The van der Waals surface area contributed by atoms with E-state index in [9.17, 15) is 4.79 Å². The van der Waals surface area contributed by atoms with Gasteiger partial charge in [-0.25, -0.2) is 0 Å². The van der Waals surface area contributed by atoms with Crippen LogP contribution in [0.3, 0.4) is 0 Å². The largest absolute Gasteiger partial charge is 0.359 e. The summed E-state index contributed by atoms with van der Waals surface area (Å²) in [6.07, 6.45) is 0.818. The van der Waals surface area contributed by atoms with Gasteiger partial charge in [0.05, 0.1) is 36.9 Å². The average Bonchev–Trinajstić information content (AvgIpc) is 2.65. The van der Waals surface area contributed by atoms with Gasteiger partial charge in [0.2, 0.25) is 0 Å². The molecular weight excluding hydrogens is 369 g/mol. The number of piperazine rings is 1. The first-order valence-corrected chi connectivity index (χ1v) is 9.71. The van der Waals surface area contributed by atoms with E-state index < -0.39 is 0 Å². The molecular formula is C20H24Cl2N3O+. The predicted octanol–water partition coefficient (Wildman–Crippen LogP) is 2.06. The molecule has 6 heteroatoms. The van der Waals surface area contributed by atoms with Crippen molar-refractivity contribution in [3.05, 3.63) is 64.1 Å². The zero-order chi connectivity index (χ0) is 18.4. The summed E-state index contributed by atoms with van der Waals surface area (Å²) in [6.45, 7) is 4.89. The highest BCUT2D eigenvalue weighted by Crippen LogP contribution is 2.24. The molecule has 4 nitrogen and oxygen atoms in total. The van der Waals surface area contributed by atoms with Crippen LogP contribution in [-0.2, 0) is 11.2 Å². The maximum atomic E-state index is 12.2. The van der Waals surface area contributed by atoms with E-state index in [1.165, 1.54) is 10.5 Å². The van der Waals surface area contributed by atoms with E-state index in [0.29, 0.717) is 13.1 Å². The van der Waals surface area contributed by atoms with Gasteiger partial charge in [0.15, 0.2) is 6.54 Å². The highest BCUT2D eigenvalue weighted by atomic mass is 35.5. The van der Waals surface area contributed by atoms with Crippen LogP contribution < -0.4 is 15.1 Å². The van der Waals surface area contributed by atoms with Crippen molar-refractivity contribution >= 4 is 34.8 Å². The van der Waals surface area contributed by atoms with Crippen molar-refractivity contribution in [2.24, 2.45) is 0 Å². The molecule has 1 saturated heterocycles. The van der Waals surface area contributed by atoms with Gasteiger partial charge < -0.3 is 15.1 Å². The molecule has 138 valence electrons. The first-order chi connectivity index (χ1) is 12.6. The Bertz CT molecular complexity index is 728. The first kappa shape index (κ1) is 19.0. The molecule has 1 fully saturated rings. The van der Waals surface area contributed by atoms with E-state index in [-0.39, 0.29) is 5.91 Å². The molecule has 0 atom stereocenters. The Morgan fingerprint density at radius 3 is 2.42 bits per heavy atom. The number of rotatable bonds is 6. The number of para-hydroxylation sites is 1. The van der Waals surface area contributed by atoms with Crippen LogP contribution in [0.15, 0.2) is 48.5 Å². The molecule has 2 N–H and O–H groups in total. The van der Waals surface area contributed by atoms with Gasteiger partial charge in [0.1, 0.15) is 0 Å². The van der Waals surface area contributed by atoms with Crippen LogP contribution in [0.4, 0.5) is 5.69 Å². The van der Waals surface area contributed by atoms with Crippen LogP contribution in [0.1, 0.15) is 5.56 Å². The molecule has 0 saturated carbocycles. The number of halogens is 2. The van der Waals surface area contributed by atoms with Gasteiger partial charge in [-0.1, -0.05) is 47.5 Å².